The second-order valence-corrected chi connectivity index (χ2v) is 20.6. The molecule has 9 atom stereocenters. The highest BCUT2D eigenvalue weighted by Crippen LogP contribution is 2.67. The number of methoxy groups -OCH3 is 1. The van der Waals surface area contributed by atoms with Crippen LogP contribution in [0.4, 0.5) is 0 Å². The van der Waals surface area contributed by atoms with Crippen LogP contribution in [0.15, 0.2) is 11.6 Å². The minimum atomic E-state index is -1.85. The smallest absolute Gasteiger partial charge is 0.200 e. The molecule has 0 saturated heterocycles. The molecule has 0 aliphatic heterocycles. The monoisotopic (exact) mass is 548 g/mol. The van der Waals surface area contributed by atoms with Gasteiger partial charge in [-0.25, -0.2) is 0 Å². The van der Waals surface area contributed by atoms with Crippen LogP contribution >= 0.6 is 0 Å². The molecular formula is C33H60O4Si. The Kier molecular flexibility index (Phi) is 9.37. The summed E-state index contributed by atoms with van der Waals surface area (Å²) in [5, 5.41) is 11.5. The van der Waals surface area contributed by atoms with Crippen LogP contribution in [-0.2, 0) is 13.9 Å². The summed E-state index contributed by atoms with van der Waals surface area (Å²) >= 11 is 0. The fourth-order valence-corrected chi connectivity index (χ4v) is 16.3. The highest BCUT2D eigenvalue weighted by atomic mass is 28.4. The van der Waals surface area contributed by atoms with E-state index in [0.717, 1.165) is 25.9 Å². The van der Waals surface area contributed by atoms with Crippen molar-refractivity contribution < 1.29 is 19.0 Å². The van der Waals surface area contributed by atoms with Gasteiger partial charge in [0.2, 0.25) is 0 Å². The maximum Gasteiger partial charge on any atom is 0.200 e. The summed E-state index contributed by atoms with van der Waals surface area (Å²) in [6.07, 6.45) is 10.5. The third-order valence-corrected chi connectivity index (χ3v) is 18.6. The lowest BCUT2D eigenvalue weighted by molar-refractivity contribution is -0.133. The van der Waals surface area contributed by atoms with Crippen molar-refractivity contribution >= 4 is 8.32 Å². The second-order valence-electron chi connectivity index (χ2n) is 15.2. The third-order valence-electron chi connectivity index (χ3n) is 12.5. The topological polar surface area (TPSA) is 47.9 Å². The van der Waals surface area contributed by atoms with Crippen LogP contribution in [0.1, 0.15) is 107 Å². The SMILES string of the molecule is COCO[C@H]1CC[C@]2(C)C3CC[C@]4(C)C([C@H](C)CO[Si](C(C)C)(C(C)C)C(C)C)CC[C@H]4C3=C[C@H](O)[C@H]2C1. The van der Waals surface area contributed by atoms with Crippen LogP contribution in [0.5, 0.6) is 0 Å². The first-order valence-corrected chi connectivity index (χ1v) is 18.1. The van der Waals surface area contributed by atoms with Gasteiger partial charge in [-0.15, -0.1) is 0 Å². The van der Waals surface area contributed by atoms with Crippen molar-refractivity contribution in [2.45, 2.75) is 136 Å². The average molecular weight is 549 g/mol. The maximum atomic E-state index is 11.5. The number of fused-ring (bicyclic) bond motifs is 5. The Morgan fingerprint density at radius 3 is 2.11 bits per heavy atom. The Morgan fingerprint density at radius 1 is 0.895 bits per heavy atom. The molecule has 0 amide bonds. The van der Waals surface area contributed by atoms with E-state index in [4.69, 9.17) is 13.9 Å². The zero-order chi connectivity index (χ0) is 28.0. The van der Waals surface area contributed by atoms with E-state index in [-0.39, 0.29) is 17.6 Å². The number of aliphatic hydroxyl groups excluding tert-OH is 1. The third kappa shape index (κ3) is 5.03. The van der Waals surface area contributed by atoms with Gasteiger partial charge >= 0.3 is 0 Å². The lowest BCUT2D eigenvalue weighted by Crippen LogP contribution is -2.54. The van der Waals surface area contributed by atoms with E-state index in [1.54, 1.807) is 12.7 Å². The van der Waals surface area contributed by atoms with Gasteiger partial charge in [-0.1, -0.05) is 74.0 Å². The molecule has 0 radical (unpaired) electrons. The first-order valence-electron chi connectivity index (χ1n) is 16.0. The fourth-order valence-electron chi connectivity index (χ4n) is 10.7. The minimum absolute atomic E-state index is 0.182. The Labute approximate surface area is 235 Å². The van der Waals surface area contributed by atoms with Crippen molar-refractivity contribution in [1.29, 1.82) is 0 Å². The fraction of sp³-hybridized carbons (Fsp3) is 0.939. The van der Waals surface area contributed by atoms with Crippen LogP contribution in [0.3, 0.4) is 0 Å². The molecule has 3 fully saturated rings. The maximum absolute atomic E-state index is 11.5. The van der Waals surface area contributed by atoms with Crippen LogP contribution in [0.2, 0.25) is 16.6 Å². The minimum Gasteiger partial charge on any atom is -0.416 e. The molecule has 220 valence electrons. The summed E-state index contributed by atoms with van der Waals surface area (Å²) in [6.45, 7) is 23.2. The summed E-state index contributed by atoms with van der Waals surface area (Å²) in [6, 6.07) is 0. The van der Waals surface area contributed by atoms with Crippen LogP contribution in [0.25, 0.3) is 0 Å². The number of allylic oxidation sites excluding steroid dienone is 1. The Balaban J connectivity index is 1.51. The van der Waals surface area contributed by atoms with Gasteiger partial charge in [-0.05, 0) is 102 Å². The quantitative estimate of drug-likeness (QED) is 0.169. The summed E-state index contributed by atoms with van der Waals surface area (Å²) in [4.78, 5) is 0. The average Bonchev–Trinajstić information content (AvgIpc) is 3.20. The van der Waals surface area contributed by atoms with Gasteiger partial charge in [0, 0.05) is 13.7 Å². The molecule has 0 aromatic heterocycles. The van der Waals surface area contributed by atoms with Gasteiger partial charge in [-0.3, -0.25) is 0 Å². The van der Waals surface area contributed by atoms with E-state index < -0.39 is 8.32 Å². The van der Waals surface area contributed by atoms with E-state index in [1.807, 2.05) is 0 Å². The van der Waals surface area contributed by atoms with Crippen molar-refractivity contribution in [2.75, 3.05) is 20.5 Å². The molecule has 5 heteroatoms. The molecular weight excluding hydrogens is 488 g/mol. The summed E-state index contributed by atoms with van der Waals surface area (Å²) < 4.78 is 18.3. The Morgan fingerprint density at radius 2 is 1.50 bits per heavy atom. The van der Waals surface area contributed by atoms with Crippen LogP contribution in [-0.4, -0.2) is 46.1 Å². The van der Waals surface area contributed by atoms with Crippen molar-refractivity contribution in [3.05, 3.63) is 11.6 Å². The van der Waals surface area contributed by atoms with E-state index in [9.17, 15) is 5.11 Å². The molecule has 4 aliphatic rings. The lowest BCUT2D eigenvalue weighted by Gasteiger charge is -2.59. The molecule has 3 saturated carbocycles. The lowest BCUT2D eigenvalue weighted by atomic mass is 9.47. The predicted octanol–water partition coefficient (Wildman–Crippen LogP) is 8.35. The zero-order valence-electron chi connectivity index (χ0n) is 26.4. The Bertz CT molecular complexity index is 817. The molecule has 0 heterocycles. The molecule has 0 spiro atoms. The summed E-state index contributed by atoms with van der Waals surface area (Å²) in [5.41, 5.74) is 4.03. The van der Waals surface area contributed by atoms with Gasteiger partial charge in [0.25, 0.3) is 0 Å². The van der Waals surface area contributed by atoms with Crippen molar-refractivity contribution in [2.24, 2.45) is 40.4 Å². The molecule has 0 aromatic carbocycles. The van der Waals surface area contributed by atoms with E-state index in [2.05, 4.69) is 68.4 Å². The first-order chi connectivity index (χ1) is 17.8. The molecule has 4 aliphatic carbocycles. The highest BCUT2D eigenvalue weighted by Gasteiger charge is 2.60. The Hall–Kier alpha value is -0.203. The summed E-state index contributed by atoms with van der Waals surface area (Å²) in [7, 11) is -0.163. The van der Waals surface area contributed by atoms with Gasteiger partial charge in [0.15, 0.2) is 8.32 Å². The second kappa shape index (κ2) is 11.6. The van der Waals surface area contributed by atoms with Gasteiger partial charge in [0.1, 0.15) is 6.79 Å². The van der Waals surface area contributed by atoms with Crippen molar-refractivity contribution in [3.63, 3.8) is 0 Å². The van der Waals surface area contributed by atoms with E-state index in [1.165, 1.54) is 25.7 Å². The molecule has 4 rings (SSSR count). The van der Waals surface area contributed by atoms with Gasteiger partial charge in [0.05, 0.1) is 12.2 Å². The van der Waals surface area contributed by atoms with Crippen molar-refractivity contribution in [1.82, 2.24) is 0 Å². The van der Waals surface area contributed by atoms with Crippen LogP contribution in [0, 0.1) is 40.4 Å². The van der Waals surface area contributed by atoms with Crippen molar-refractivity contribution in [3.8, 4) is 0 Å². The number of ether oxygens (including phenoxy) is 2. The standard InChI is InChI=1S/C33H60O4Si/c1-21(2)38(22(3)4,23(5)6)37-19-24(7)27-11-12-28-26-18-31(34)30-17-25(36-20-35-10)13-15-33(30,9)29(26)14-16-32(27,28)8/h18,21-25,27-31,34H,11-17,19-20H2,1-10H3/t24-,25+,27?,28+,29?,30-,31+,32-,33-/m1/s1. The number of aliphatic hydroxyl groups is 1. The predicted molar refractivity (Wildman–Crippen MR) is 159 cm³/mol. The molecule has 0 aromatic rings. The molecule has 1 N–H and O–H groups in total. The number of rotatable bonds is 10. The zero-order valence-corrected chi connectivity index (χ0v) is 27.4. The number of hydrogen-bond acceptors (Lipinski definition) is 4. The number of hydrogen-bond donors (Lipinski definition) is 1. The van der Waals surface area contributed by atoms with Gasteiger partial charge < -0.3 is 19.0 Å². The van der Waals surface area contributed by atoms with E-state index in [0.29, 0.717) is 58.4 Å². The molecule has 2 unspecified atom stereocenters. The van der Waals surface area contributed by atoms with E-state index >= 15 is 0 Å². The molecule has 4 nitrogen and oxygen atoms in total. The van der Waals surface area contributed by atoms with Crippen LogP contribution < -0.4 is 0 Å². The van der Waals surface area contributed by atoms with Gasteiger partial charge in [-0.2, -0.15) is 0 Å². The first kappa shape index (κ1) is 30.7. The summed E-state index contributed by atoms with van der Waals surface area (Å²) in [5.74, 6) is 2.81. The highest BCUT2D eigenvalue weighted by molar-refractivity contribution is 6.77. The molecule has 0 bridgehead atoms. The largest absolute Gasteiger partial charge is 0.416 e. The molecule has 38 heavy (non-hydrogen) atoms. The normalized spacial score (nSPS) is 40.2.